The van der Waals surface area contributed by atoms with Gasteiger partial charge < -0.3 is 4.55 Å². The lowest BCUT2D eigenvalue weighted by molar-refractivity contribution is 0.0995. The molecule has 0 saturated heterocycles. The van der Waals surface area contributed by atoms with Crippen LogP contribution >= 0.6 is 0 Å². The van der Waals surface area contributed by atoms with Gasteiger partial charge in [0.25, 0.3) is 0 Å². The van der Waals surface area contributed by atoms with Crippen molar-refractivity contribution in [1.82, 2.24) is 0 Å². The van der Waals surface area contributed by atoms with E-state index in [2.05, 4.69) is 0 Å². The number of benzene rings is 1. The second-order valence-electron chi connectivity index (χ2n) is 4.61. The molecule has 4 heteroatoms. The molecule has 0 aromatic heterocycles. The summed E-state index contributed by atoms with van der Waals surface area (Å²) in [7, 11) is 0. The summed E-state index contributed by atoms with van der Waals surface area (Å²) in [6.07, 6.45) is 5.81. The van der Waals surface area contributed by atoms with Crippen molar-refractivity contribution in [3.8, 4) is 0 Å². The fourth-order valence-electron chi connectivity index (χ4n) is 1.77. The monoisotopic (exact) mass is 292 g/mol. The van der Waals surface area contributed by atoms with Crippen LogP contribution in [0, 0.1) is 13.8 Å². The zero-order valence-corrected chi connectivity index (χ0v) is 12.9. The molecule has 0 bridgehead atoms. The van der Waals surface area contributed by atoms with Gasteiger partial charge in [-0.2, -0.15) is 0 Å². The first kappa shape index (κ1) is 16.5. The van der Waals surface area contributed by atoms with E-state index in [0.717, 1.165) is 17.5 Å². The van der Waals surface area contributed by atoms with Crippen LogP contribution < -0.4 is 0 Å². The van der Waals surface area contributed by atoms with E-state index in [4.69, 9.17) is 4.55 Å². The number of rotatable bonds is 6. The molecule has 0 heterocycles. The Labute approximate surface area is 122 Å². The molecule has 0 fully saturated rings. The van der Waals surface area contributed by atoms with Gasteiger partial charge in [-0.05, 0) is 38.0 Å². The van der Waals surface area contributed by atoms with Crippen molar-refractivity contribution in [2.75, 3.05) is 0 Å². The van der Waals surface area contributed by atoms with Crippen LogP contribution in [-0.2, 0) is 11.1 Å². The SMILES string of the molecule is CC/C=C\C(=C/CC(=O)c1cc(C)ccc1C)S(=O)O. The lowest BCUT2D eigenvalue weighted by Gasteiger charge is -2.05. The molecule has 0 aliphatic heterocycles. The molecule has 0 saturated carbocycles. The van der Waals surface area contributed by atoms with Gasteiger partial charge in [-0.3, -0.25) is 4.79 Å². The summed E-state index contributed by atoms with van der Waals surface area (Å²) in [4.78, 5) is 12.4. The lowest BCUT2D eigenvalue weighted by Crippen LogP contribution is -2.02. The zero-order valence-electron chi connectivity index (χ0n) is 12.1. The van der Waals surface area contributed by atoms with Crippen LogP contribution in [-0.4, -0.2) is 14.5 Å². The molecule has 108 valence electrons. The third-order valence-corrected chi connectivity index (χ3v) is 3.61. The average molecular weight is 292 g/mol. The predicted octanol–water partition coefficient (Wildman–Crippen LogP) is 3.95. The highest BCUT2D eigenvalue weighted by Crippen LogP contribution is 2.14. The summed E-state index contributed by atoms with van der Waals surface area (Å²) in [5.41, 5.74) is 2.62. The van der Waals surface area contributed by atoms with Gasteiger partial charge in [-0.25, -0.2) is 4.21 Å². The van der Waals surface area contributed by atoms with Crippen molar-refractivity contribution >= 4 is 16.9 Å². The number of allylic oxidation sites excluding steroid dienone is 3. The van der Waals surface area contributed by atoms with E-state index in [0.29, 0.717) is 5.56 Å². The van der Waals surface area contributed by atoms with Gasteiger partial charge >= 0.3 is 0 Å². The fraction of sp³-hybridized carbons (Fsp3) is 0.312. The maximum Gasteiger partial charge on any atom is 0.186 e. The predicted molar refractivity (Wildman–Crippen MR) is 83.1 cm³/mol. The largest absolute Gasteiger partial charge is 0.302 e. The minimum absolute atomic E-state index is 0.0425. The van der Waals surface area contributed by atoms with Crippen LogP contribution in [0.2, 0.25) is 0 Å². The smallest absolute Gasteiger partial charge is 0.186 e. The molecule has 0 aliphatic carbocycles. The molecule has 0 amide bonds. The summed E-state index contributed by atoms with van der Waals surface area (Å²) in [5.74, 6) is -0.0425. The quantitative estimate of drug-likeness (QED) is 0.491. The molecule has 3 nitrogen and oxygen atoms in total. The Morgan fingerprint density at radius 1 is 1.35 bits per heavy atom. The van der Waals surface area contributed by atoms with Gasteiger partial charge in [0, 0.05) is 12.0 Å². The van der Waals surface area contributed by atoms with Crippen molar-refractivity contribution in [3.63, 3.8) is 0 Å². The van der Waals surface area contributed by atoms with Crippen molar-refractivity contribution in [2.24, 2.45) is 0 Å². The second kappa shape index (κ2) is 7.92. The van der Waals surface area contributed by atoms with E-state index in [-0.39, 0.29) is 17.1 Å². The number of hydrogen-bond acceptors (Lipinski definition) is 2. The Balaban J connectivity index is 2.91. The fourth-order valence-corrected chi connectivity index (χ4v) is 2.21. The zero-order chi connectivity index (χ0) is 15.1. The van der Waals surface area contributed by atoms with Crippen molar-refractivity contribution in [2.45, 2.75) is 33.6 Å². The molecule has 20 heavy (non-hydrogen) atoms. The van der Waals surface area contributed by atoms with Crippen LogP contribution in [0.1, 0.15) is 41.3 Å². The lowest BCUT2D eigenvalue weighted by atomic mass is 10.00. The Kier molecular flexibility index (Phi) is 6.55. The maximum absolute atomic E-state index is 12.2. The second-order valence-corrected chi connectivity index (χ2v) is 5.58. The highest BCUT2D eigenvalue weighted by atomic mass is 32.2. The molecular weight excluding hydrogens is 272 g/mol. The molecule has 1 aromatic rings. The van der Waals surface area contributed by atoms with Crippen LogP contribution in [0.4, 0.5) is 0 Å². The van der Waals surface area contributed by atoms with Crippen molar-refractivity contribution in [1.29, 1.82) is 0 Å². The summed E-state index contributed by atoms with van der Waals surface area (Å²) < 4.78 is 20.3. The highest BCUT2D eigenvalue weighted by Gasteiger charge is 2.09. The van der Waals surface area contributed by atoms with E-state index < -0.39 is 11.1 Å². The van der Waals surface area contributed by atoms with Crippen LogP contribution in [0.5, 0.6) is 0 Å². The molecular formula is C16H20O3S. The molecule has 0 radical (unpaired) electrons. The van der Waals surface area contributed by atoms with Gasteiger partial charge in [-0.15, -0.1) is 0 Å². The first-order valence-electron chi connectivity index (χ1n) is 6.53. The topological polar surface area (TPSA) is 54.4 Å². The summed E-state index contributed by atoms with van der Waals surface area (Å²) in [6, 6.07) is 5.72. The minimum atomic E-state index is -2.07. The van der Waals surface area contributed by atoms with Crippen molar-refractivity contribution in [3.05, 3.63) is 58.0 Å². The number of hydrogen-bond donors (Lipinski definition) is 1. The minimum Gasteiger partial charge on any atom is -0.302 e. The van der Waals surface area contributed by atoms with Gasteiger partial charge in [-0.1, -0.05) is 36.8 Å². The Morgan fingerprint density at radius 3 is 2.65 bits per heavy atom. The summed E-state index contributed by atoms with van der Waals surface area (Å²) in [6.45, 7) is 5.76. The van der Waals surface area contributed by atoms with Crippen LogP contribution in [0.3, 0.4) is 0 Å². The Morgan fingerprint density at radius 2 is 2.05 bits per heavy atom. The number of aryl methyl sites for hydroxylation is 2. The van der Waals surface area contributed by atoms with Crippen LogP contribution in [0.15, 0.2) is 41.3 Å². The molecule has 0 spiro atoms. The molecule has 0 aliphatic rings. The number of ketones is 1. The summed E-state index contributed by atoms with van der Waals surface area (Å²) >= 11 is -2.07. The van der Waals surface area contributed by atoms with Gasteiger partial charge in [0.15, 0.2) is 16.9 Å². The number of Topliss-reactive ketones (excluding diaryl/α,β-unsaturated/α-hetero) is 1. The first-order valence-corrected chi connectivity index (χ1v) is 7.64. The normalized spacial score (nSPS) is 13.7. The maximum atomic E-state index is 12.2. The highest BCUT2D eigenvalue weighted by molar-refractivity contribution is 7.83. The summed E-state index contributed by atoms with van der Waals surface area (Å²) in [5, 5.41) is 0. The third kappa shape index (κ3) is 4.87. The Bertz CT molecular complexity index is 571. The Hall–Kier alpha value is -1.52. The van der Waals surface area contributed by atoms with E-state index >= 15 is 0 Å². The number of carbonyl (C=O) groups excluding carboxylic acids is 1. The molecule has 1 atom stereocenters. The molecule has 1 aromatic carbocycles. The number of carbonyl (C=O) groups is 1. The molecule has 1 unspecified atom stereocenters. The van der Waals surface area contributed by atoms with Crippen molar-refractivity contribution < 1.29 is 13.6 Å². The van der Waals surface area contributed by atoms with Gasteiger partial charge in [0.2, 0.25) is 0 Å². The van der Waals surface area contributed by atoms with E-state index in [1.54, 1.807) is 12.2 Å². The van der Waals surface area contributed by atoms with Gasteiger partial charge in [0.1, 0.15) is 0 Å². The molecule has 1 rings (SSSR count). The van der Waals surface area contributed by atoms with Crippen LogP contribution in [0.25, 0.3) is 0 Å². The third-order valence-electron chi connectivity index (χ3n) is 2.90. The average Bonchev–Trinajstić information content (AvgIpc) is 2.40. The van der Waals surface area contributed by atoms with Gasteiger partial charge in [0.05, 0.1) is 4.91 Å². The first-order chi connectivity index (χ1) is 9.45. The standard InChI is InChI=1S/C16H20O3S/c1-4-5-6-14(20(18)19)9-10-16(17)15-11-12(2)7-8-13(15)3/h5-9,11H,4,10H2,1-3H3,(H,18,19)/b6-5-,14-9+. The van der Waals surface area contributed by atoms with E-state index in [1.807, 2.05) is 39.0 Å². The molecule has 1 N–H and O–H groups in total. The van der Waals surface area contributed by atoms with E-state index in [9.17, 15) is 9.00 Å². The van der Waals surface area contributed by atoms with E-state index in [1.165, 1.54) is 6.08 Å².